The predicted molar refractivity (Wildman–Crippen MR) is 67.6 cm³/mol. The SMILES string of the molecule is COCCOCCOCC(=O)N1CCCNCC1. The molecule has 0 atom stereocenters. The third-order valence-corrected chi connectivity index (χ3v) is 2.72. The molecule has 0 aliphatic carbocycles. The molecule has 0 aromatic heterocycles. The molecule has 0 aromatic rings. The Labute approximate surface area is 109 Å². The maximum Gasteiger partial charge on any atom is 0.248 e. The van der Waals surface area contributed by atoms with Gasteiger partial charge in [0.05, 0.1) is 26.4 Å². The first-order valence-electron chi connectivity index (χ1n) is 6.47. The van der Waals surface area contributed by atoms with Crippen LogP contribution in [0.25, 0.3) is 0 Å². The second-order valence-corrected chi connectivity index (χ2v) is 4.14. The summed E-state index contributed by atoms with van der Waals surface area (Å²) in [5.74, 6) is 0.0654. The Morgan fingerprint density at radius 1 is 1.11 bits per heavy atom. The standard InChI is InChI=1S/C12H24N2O4/c1-16-7-8-17-9-10-18-11-12(15)14-5-2-3-13-4-6-14/h13H,2-11H2,1H3. The van der Waals surface area contributed by atoms with Crippen molar-refractivity contribution in [2.24, 2.45) is 0 Å². The molecule has 0 unspecified atom stereocenters. The van der Waals surface area contributed by atoms with Crippen LogP contribution >= 0.6 is 0 Å². The average molecular weight is 260 g/mol. The number of carbonyl (C=O) groups excluding carboxylic acids is 1. The molecule has 0 radical (unpaired) electrons. The zero-order valence-electron chi connectivity index (χ0n) is 11.2. The van der Waals surface area contributed by atoms with Crippen LogP contribution in [0.5, 0.6) is 0 Å². The van der Waals surface area contributed by atoms with Crippen molar-refractivity contribution in [3.63, 3.8) is 0 Å². The molecule has 18 heavy (non-hydrogen) atoms. The molecule has 1 rings (SSSR count). The Hall–Kier alpha value is -0.690. The molecule has 106 valence electrons. The summed E-state index contributed by atoms with van der Waals surface area (Å²) in [5, 5.41) is 3.26. The first-order valence-corrected chi connectivity index (χ1v) is 6.47. The minimum Gasteiger partial charge on any atom is -0.382 e. The van der Waals surface area contributed by atoms with Gasteiger partial charge in [0, 0.05) is 26.7 Å². The Morgan fingerprint density at radius 3 is 2.72 bits per heavy atom. The van der Waals surface area contributed by atoms with Gasteiger partial charge in [0.1, 0.15) is 6.61 Å². The highest BCUT2D eigenvalue weighted by atomic mass is 16.5. The molecule has 1 fully saturated rings. The maximum absolute atomic E-state index is 11.8. The van der Waals surface area contributed by atoms with E-state index in [1.807, 2.05) is 4.90 Å². The largest absolute Gasteiger partial charge is 0.382 e. The minimum atomic E-state index is 0.0654. The molecule has 1 heterocycles. The van der Waals surface area contributed by atoms with Crippen molar-refractivity contribution in [1.82, 2.24) is 10.2 Å². The number of hydrogen-bond donors (Lipinski definition) is 1. The number of amides is 1. The molecule has 1 N–H and O–H groups in total. The highest BCUT2D eigenvalue weighted by Gasteiger charge is 2.14. The summed E-state index contributed by atoms with van der Waals surface area (Å²) in [6, 6.07) is 0. The fourth-order valence-electron chi connectivity index (χ4n) is 1.71. The van der Waals surface area contributed by atoms with Gasteiger partial charge in [-0.1, -0.05) is 0 Å². The molecule has 0 saturated carbocycles. The van der Waals surface area contributed by atoms with Crippen molar-refractivity contribution in [2.45, 2.75) is 6.42 Å². The molecule has 1 amide bonds. The van der Waals surface area contributed by atoms with Crippen molar-refractivity contribution in [3.05, 3.63) is 0 Å². The summed E-state index contributed by atoms with van der Waals surface area (Å²) < 4.78 is 15.4. The van der Waals surface area contributed by atoms with Gasteiger partial charge in [0.25, 0.3) is 0 Å². The first kappa shape index (κ1) is 15.4. The third-order valence-electron chi connectivity index (χ3n) is 2.72. The van der Waals surface area contributed by atoms with Crippen molar-refractivity contribution in [3.8, 4) is 0 Å². The van der Waals surface area contributed by atoms with Crippen molar-refractivity contribution in [1.29, 1.82) is 0 Å². The molecule has 0 spiro atoms. The number of ether oxygens (including phenoxy) is 3. The Morgan fingerprint density at radius 2 is 1.89 bits per heavy atom. The van der Waals surface area contributed by atoms with E-state index in [2.05, 4.69) is 5.32 Å². The summed E-state index contributed by atoms with van der Waals surface area (Å²) in [6.45, 7) is 5.68. The molecular weight excluding hydrogens is 236 g/mol. The topological polar surface area (TPSA) is 60.0 Å². The van der Waals surface area contributed by atoms with E-state index >= 15 is 0 Å². The van der Waals surface area contributed by atoms with Crippen molar-refractivity contribution >= 4 is 5.91 Å². The number of methoxy groups -OCH3 is 1. The summed E-state index contributed by atoms with van der Waals surface area (Å²) in [4.78, 5) is 13.7. The van der Waals surface area contributed by atoms with E-state index in [4.69, 9.17) is 14.2 Å². The maximum atomic E-state index is 11.8. The van der Waals surface area contributed by atoms with E-state index in [9.17, 15) is 4.79 Å². The van der Waals surface area contributed by atoms with Gasteiger partial charge in [-0.3, -0.25) is 4.79 Å². The van der Waals surface area contributed by atoms with E-state index < -0.39 is 0 Å². The normalized spacial score (nSPS) is 16.6. The number of nitrogens with one attached hydrogen (secondary N) is 1. The van der Waals surface area contributed by atoms with Crippen LogP contribution in [0, 0.1) is 0 Å². The molecule has 1 aliphatic rings. The summed E-state index contributed by atoms with van der Waals surface area (Å²) in [6.07, 6.45) is 1.01. The molecule has 1 saturated heterocycles. The number of nitrogens with zero attached hydrogens (tertiary/aromatic N) is 1. The van der Waals surface area contributed by atoms with Crippen LogP contribution in [-0.2, 0) is 19.0 Å². The summed E-state index contributed by atoms with van der Waals surface area (Å²) >= 11 is 0. The lowest BCUT2D eigenvalue weighted by molar-refractivity contribution is -0.136. The van der Waals surface area contributed by atoms with Crippen LogP contribution in [0.15, 0.2) is 0 Å². The van der Waals surface area contributed by atoms with E-state index in [1.54, 1.807) is 7.11 Å². The lowest BCUT2D eigenvalue weighted by Crippen LogP contribution is -2.36. The van der Waals surface area contributed by atoms with Crippen LogP contribution in [0.3, 0.4) is 0 Å². The van der Waals surface area contributed by atoms with Crippen LogP contribution in [0.1, 0.15) is 6.42 Å². The van der Waals surface area contributed by atoms with Gasteiger partial charge in [-0.2, -0.15) is 0 Å². The van der Waals surface area contributed by atoms with Gasteiger partial charge in [-0.05, 0) is 13.0 Å². The second-order valence-electron chi connectivity index (χ2n) is 4.14. The number of carbonyl (C=O) groups is 1. The van der Waals surface area contributed by atoms with Crippen LogP contribution in [0.4, 0.5) is 0 Å². The molecule has 0 aromatic carbocycles. The van der Waals surface area contributed by atoms with Crippen LogP contribution in [-0.4, -0.2) is 77.1 Å². The first-order chi connectivity index (χ1) is 8.84. The van der Waals surface area contributed by atoms with E-state index in [0.717, 1.165) is 32.6 Å². The van der Waals surface area contributed by atoms with Gasteiger partial charge >= 0.3 is 0 Å². The molecular formula is C12H24N2O4. The van der Waals surface area contributed by atoms with E-state index in [1.165, 1.54) is 0 Å². The lowest BCUT2D eigenvalue weighted by Gasteiger charge is -2.19. The fraction of sp³-hybridized carbons (Fsp3) is 0.917. The van der Waals surface area contributed by atoms with E-state index in [-0.39, 0.29) is 12.5 Å². The Bertz CT molecular complexity index is 218. The monoisotopic (exact) mass is 260 g/mol. The van der Waals surface area contributed by atoms with Crippen LogP contribution in [0.2, 0.25) is 0 Å². The Balaban J connectivity index is 1.98. The molecule has 1 aliphatic heterocycles. The highest BCUT2D eigenvalue weighted by Crippen LogP contribution is 1.96. The zero-order chi connectivity index (χ0) is 13.1. The number of hydrogen-bond acceptors (Lipinski definition) is 5. The summed E-state index contributed by atoms with van der Waals surface area (Å²) in [7, 11) is 1.63. The van der Waals surface area contributed by atoms with Gasteiger partial charge in [0.15, 0.2) is 0 Å². The van der Waals surface area contributed by atoms with E-state index in [0.29, 0.717) is 26.4 Å². The third kappa shape index (κ3) is 6.90. The highest BCUT2D eigenvalue weighted by molar-refractivity contribution is 5.77. The second kappa shape index (κ2) is 10.3. The minimum absolute atomic E-state index is 0.0654. The molecule has 6 heteroatoms. The number of rotatable bonds is 8. The zero-order valence-corrected chi connectivity index (χ0v) is 11.2. The predicted octanol–water partition coefficient (Wildman–Crippen LogP) is -0.512. The van der Waals surface area contributed by atoms with Crippen molar-refractivity contribution in [2.75, 3.05) is 66.3 Å². The van der Waals surface area contributed by atoms with Gasteiger partial charge < -0.3 is 24.4 Å². The molecule has 6 nitrogen and oxygen atoms in total. The van der Waals surface area contributed by atoms with Gasteiger partial charge in [-0.15, -0.1) is 0 Å². The smallest absolute Gasteiger partial charge is 0.248 e. The quantitative estimate of drug-likeness (QED) is 0.596. The summed E-state index contributed by atoms with van der Waals surface area (Å²) in [5.41, 5.74) is 0. The average Bonchev–Trinajstić information content (AvgIpc) is 2.66. The Kier molecular flexibility index (Phi) is 8.75. The van der Waals surface area contributed by atoms with Gasteiger partial charge in [-0.25, -0.2) is 0 Å². The lowest BCUT2D eigenvalue weighted by atomic mass is 10.4. The van der Waals surface area contributed by atoms with Crippen LogP contribution < -0.4 is 5.32 Å². The molecule has 0 bridgehead atoms. The van der Waals surface area contributed by atoms with Crippen molar-refractivity contribution < 1.29 is 19.0 Å². The van der Waals surface area contributed by atoms with Gasteiger partial charge in [0.2, 0.25) is 5.91 Å². The fourth-order valence-corrected chi connectivity index (χ4v) is 1.71.